The molecule has 2 nitrogen and oxygen atoms in total. The van der Waals surface area contributed by atoms with Crippen LogP contribution in [-0.4, -0.2) is 9.97 Å². The average Bonchev–Trinajstić information content (AvgIpc) is 3.70. The molecule has 1 aliphatic carbocycles. The van der Waals surface area contributed by atoms with Gasteiger partial charge in [0.2, 0.25) is 0 Å². The van der Waals surface area contributed by atoms with Crippen molar-refractivity contribution < 1.29 is 0 Å². The van der Waals surface area contributed by atoms with Gasteiger partial charge in [-0.2, -0.15) is 0 Å². The summed E-state index contributed by atoms with van der Waals surface area (Å²) in [6.07, 6.45) is 3.57. The molecule has 52 heavy (non-hydrogen) atoms. The Labute approximate surface area is 305 Å². The van der Waals surface area contributed by atoms with Crippen molar-refractivity contribution in [2.45, 2.75) is 19.3 Å². The van der Waals surface area contributed by atoms with Gasteiger partial charge in [0, 0.05) is 48.8 Å². The molecule has 0 radical (unpaired) electrons. The van der Waals surface area contributed by atoms with Crippen molar-refractivity contribution >= 4 is 64.1 Å². The molecule has 2 heterocycles. The highest BCUT2D eigenvalue weighted by Gasteiger charge is 2.35. The molecule has 10 aromatic rings. The van der Waals surface area contributed by atoms with E-state index in [9.17, 15) is 0 Å². The van der Waals surface area contributed by atoms with Crippen molar-refractivity contribution in [2.24, 2.45) is 0 Å². The number of hydrogen-bond donors (Lipinski definition) is 0. The van der Waals surface area contributed by atoms with Gasteiger partial charge < -0.3 is 0 Å². The number of nitrogens with zero attached hydrogens (tertiary/aromatic N) is 2. The molecule has 0 N–H and O–H groups in total. The Morgan fingerprint density at radius 2 is 0.923 bits per heavy atom. The van der Waals surface area contributed by atoms with E-state index < -0.39 is 0 Å². The Morgan fingerprint density at radius 1 is 0.385 bits per heavy atom. The van der Waals surface area contributed by atoms with Crippen LogP contribution >= 0.6 is 11.3 Å². The maximum atomic E-state index is 4.76. The summed E-state index contributed by atoms with van der Waals surface area (Å²) in [7, 11) is 0. The summed E-state index contributed by atoms with van der Waals surface area (Å²) in [5, 5.41) is 7.28. The van der Waals surface area contributed by atoms with E-state index in [-0.39, 0.29) is 5.41 Å². The van der Waals surface area contributed by atoms with Crippen molar-refractivity contribution in [3.8, 4) is 44.5 Å². The first-order valence-corrected chi connectivity index (χ1v) is 18.7. The molecule has 0 spiro atoms. The van der Waals surface area contributed by atoms with Crippen molar-refractivity contribution in [2.75, 3.05) is 0 Å². The Balaban J connectivity index is 1.04. The largest absolute Gasteiger partial charge is 0.252 e. The molecule has 0 saturated carbocycles. The molecule has 0 atom stereocenters. The van der Waals surface area contributed by atoms with Crippen LogP contribution < -0.4 is 0 Å². The van der Waals surface area contributed by atoms with Crippen LogP contribution in [0.15, 0.2) is 158 Å². The molecule has 0 amide bonds. The van der Waals surface area contributed by atoms with E-state index in [4.69, 9.17) is 9.97 Å². The summed E-state index contributed by atoms with van der Waals surface area (Å²) in [5.74, 6) is 0. The molecular formula is C49H32N2S. The third kappa shape index (κ3) is 4.17. The standard InChI is InChI=1S/C49H32N2S/c1-49(2)43-19-6-5-13-36(43)37-22-21-32(28-44(37)49)34-16-9-18-41-40-17-8-15-33(47(40)52-48(34)41)31-11-7-10-29(26-31)30-20-23-39-42(27-30)35-12-3-4-14-38(35)45-46(39)51-25-24-50-45/h3-28H,1-2H3. The second kappa shape index (κ2) is 10.9. The highest BCUT2D eigenvalue weighted by Crippen LogP contribution is 2.51. The minimum Gasteiger partial charge on any atom is -0.252 e. The zero-order valence-electron chi connectivity index (χ0n) is 28.8. The maximum Gasteiger partial charge on any atom is 0.0971 e. The van der Waals surface area contributed by atoms with Gasteiger partial charge in [-0.05, 0) is 84.6 Å². The molecule has 11 rings (SSSR count). The Hall–Kier alpha value is -6.16. The second-order valence-corrected chi connectivity index (χ2v) is 15.6. The van der Waals surface area contributed by atoms with Crippen LogP contribution in [-0.2, 0) is 5.41 Å². The van der Waals surface area contributed by atoms with E-state index in [1.54, 1.807) is 12.4 Å². The smallest absolute Gasteiger partial charge is 0.0971 e. The molecule has 244 valence electrons. The predicted molar refractivity (Wildman–Crippen MR) is 221 cm³/mol. The number of thiophene rings is 1. The lowest BCUT2D eigenvalue weighted by Gasteiger charge is -2.22. The van der Waals surface area contributed by atoms with Crippen LogP contribution in [0.1, 0.15) is 25.0 Å². The maximum absolute atomic E-state index is 4.76. The third-order valence-electron chi connectivity index (χ3n) is 11.4. The fourth-order valence-electron chi connectivity index (χ4n) is 8.82. The van der Waals surface area contributed by atoms with Gasteiger partial charge in [0.25, 0.3) is 0 Å². The summed E-state index contributed by atoms with van der Waals surface area (Å²) in [6.45, 7) is 4.72. The average molecular weight is 681 g/mol. The number of hydrogen-bond acceptors (Lipinski definition) is 3. The van der Waals surface area contributed by atoms with Crippen LogP contribution in [0, 0.1) is 0 Å². The minimum atomic E-state index is -0.0335. The van der Waals surface area contributed by atoms with E-state index >= 15 is 0 Å². The van der Waals surface area contributed by atoms with E-state index in [1.165, 1.54) is 86.6 Å². The van der Waals surface area contributed by atoms with E-state index in [2.05, 4.69) is 159 Å². The van der Waals surface area contributed by atoms with Crippen LogP contribution in [0.2, 0.25) is 0 Å². The number of fused-ring (bicyclic) bond motifs is 12. The normalized spacial score (nSPS) is 13.3. The molecule has 3 heteroatoms. The first kappa shape index (κ1) is 29.6. The zero-order chi connectivity index (χ0) is 34.6. The van der Waals surface area contributed by atoms with Crippen molar-refractivity contribution in [1.29, 1.82) is 0 Å². The highest BCUT2D eigenvalue weighted by atomic mass is 32.1. The van der Waals surface area contributed by atoms with E-state index in [0.29, 0.717) is 0 Å². The highest BCUT2D eigenvalue weighted by molar-refractivity contribution is 7.26. The predicted octanol–water partition coefficient (Wildman–Crippen LogP) is 13.6. The SMILES string of the molecule is CC1(C)c2ccccc2-c2ccc(-c3cccc4c3sc3c(-c5cccc(-c6ccc7c(c6)c6ccccc6c6nccnc76)c5)cccc34)cc21. The van der Waals surface area contributed by atoms with Gasteiger partial charge in [0.05, 0.1) is 11.0 Å². The monoisotopic (exact) mass is 680 g/mol. The topological polar surface area (TPSA) is 25.8 Å². The van der Waals surface area contributed by atoms with Crippen LogP contribution in [0.5, 0.6) is 0 Å². The molecule has 0 aliphatic heterocycles. The fraction of sp³-hybridized carbons (Fsp3) is 0.0612. The van der Waals surface area contributed by atoms with E-state index in [0.717, 1.165) is 21.8 Å². The minimum absolute atomic E-state index is 0.0335. The number of aromatic nitrogens is 2. The summed E-state index contributed by atoms with van der Waals surface area (Å²) < 4.78 is 2.66. The van der Waals surface area contributed by atoms with Crippen LogP contribution in [0.25, 0.3) is 97.3 Å². The fourth-order valence-corrected chi connectivity index (χ4v) is 10.2. The molecular weight excluding hydrogens is 649 g/mol. The summed E-state index contributed by atoms with van der Waals surface area (Å²) in [4.78, 5) is 9.47. The first-order valence-electron chi connectivity index (χ1n) is 17.9. The molecule has 2 aromatic heterocycles. The molecule has 0 bridgehead atoms. The lowest BCUT2D eigenvalue weighted by molar-refractivity contribution is 0.660. The molecule has 0 fully saturated rings. The summed E-state index contributed by atoms with van der Waals surface area (Å²) in [6, 6.07) is 53.9. The van der Waals surface area contributed by atoms with Gasteiger partial charge in [0.15, 0.2) is 0 Å². The quantitative estimate of drug-likeness (QED) is 0.174. The van der Waals surface area contributed by atoms with Crippen molar-refractivity contribution in [3.05, 3.63) is 169 Å². The van der Waals surface area contributed by atoms with Gasteiger partial charge in [-0.1, -0.05) is 141 Å². The van der Waals surface area contributed by atoms with Crippen molar-refractivity contribution in [1.82, 2.24) is 9.97 Å². The Morgan fingerprint density at radius 3 is 1.69 bits per heavy atom. The van der Waals surface area contributed by atoms with Crippen LogP contribution in [0.3, 0.4) is 0 Å². The lowest BCUT2D eigenvalue weighted by Crippen LogP contribution is -2.14. The van der Waals surface area contributed by atoms with Crippen molar-refractivity contribution in [3.63, 3.8) is 0 Å². The third-order valence-corrected chi connectivity index (χ3v) is 12.7. The Kier molecular flexibility index (Phi) is 6.21. The second-order valence-electron chi connectivity index (χ2n) is 14.5. The Bertz CT molecular complexity index is 3080. The van der Waals surface area contributed by atoms with Gasteiger partial charge >= 0.3 is 0 Å². The molecule has 0 unspecified atom stereocenters. The number of benzene rings is 8. The lowest BCUT2D eigenvalue weighted by atomic mass is 9.81. The van der Waals surface area contributed by atoms with Gasteiger partial charge in [-0.3, -0.25) is 9.97 Å². The molecule has 8 aromatic carbocycles. The first-order chi connectivity index (χ1) is 25.5. The number of rotatable bonds is 3. The summed E-state index contributed by atoms with van der Waals surface area (Å²) >= 11 is 1.92. The molecule has 0 saturated heterocycles. The van der Waals surface area contributed by atoms with Gasteiger partial charge in [-0.15, -0.1) is 11.3 Å². The molecule has 1 aliphatic rings. The van der Waals surface area contributed by atoms with Gasteiger partial charge in [0.1, 0.15) is 0 Å². The summed E-state index contributed by atoms with van der Waals surface area (Å²) in [5.41, 5.74) is 14.9. The van der Waals surface area contributed by atoms with E-state index in [1.807, 2.05) is 11.3 Å². The van der Waals surface area contributed by atoms with Gasteiger partial charge in [-0.25, -0.2) is 0 Å². The zero-order valence-corrected chi connectivity index (χ0v) is 29.6. The van der Waals surface area contributed by atoms with Crippen LogP contribution in [0.4, 0.5) is 0 Å².